The summed E-state index contributed by atoms with van der Waals surface area (Å²) in [6.45, 7) is 2.11. The zero-order valence-corrected chi connectivity index (χ0v) is 23.2. The highest BCUT2D eigenvalue weighted by molar-refractivity contribution is 5.98. The number of nitrogens with one attached hydrogen (secondary N) is 1. The van der Waals surface area contributed by atoms with E-state index in [0.29, 0.717) is 28.3 Å². The Balaban J connectivity index is 1.55. The lowest BCUT2D eigenvalue weighted by molar-refractivity contribution is -0.140. The number of anilines is 1. The second-order valence-electron chi connectivity index (χ2n) is 9.58. The van der Waals surface area contributed by atoms with E-state index < -0.39 is 6.04 Å². The summed E-state index contributed by atoms with van der Waals surface area (Å²) in [5.74, 6) is 0.681. The van der Waals surface area contributed by atoms with Gasteiger partial charge in [-0.1, -0.05) is 53.7 Å². The molecule has 0 fully saturated rings. The van der Waals surface area contributed by atoms with Gasteiger partial charge in [0.05, 0.1) is 19.7 Å². The number of nitrogens with zero attached hydrogens (tertiary/aromatic N) is 4. The summed E-state index contributed by atoms with van der Waals surface area (Å²) in [4.78, 5) is 29.8. The molecule has 9 nitrogen and oxygen atoms in total. The number of carbonyl (C=O) groups is 2. The average Bonchev–Trinajstić information content (AvgIpc) is 3.41. The minimum atomic E-state index is -0.954. The molecule has 5 aromatic rings. The van der Waals surface area contributed by atoms with Crippen LogP contribution in [0, 0.1) is 6.92 Å². The molecule has 0 radical (unpaired) electrons. The van der Waals surface area contributed by atoms with Crippen molar-refractivity contribution in [1.29, 1.82) is 0 Å². The van der Waals surface area contributed by atoms with Gasteiger partial charge in [0.25, 0.3) is 5.91 Å². The summed E-state index contributed by atoms with van der Waals surface area (Å²) in [5, 5.41) is 11.4. The fraction of sp³-hybridized carbons (Fsp3) is 0.188. The molecule has 2 amide bonds. The van der Waals surface area contributed by atoms with Crippen molar-refractivity contribution in [1.82, 2.24) is 19.9 Å². The van der Waals surface area contributed by atoms with Crippen LogP contribution < -0.4 is 14.8 Å². The van der Waals surface area contributed by atoms with Crippen molar-refractivity contribution in [3.63, 3.8) is 0 Å². The number of hydrogen-bond donors (Lipinski definition) is 1. The molecule has 1 aromatic heterocycles. The van der Waals surface area contributed by atoms with Crippen molar-refractivity contribution in [2.45, 2.75) is 26.1 Å². The van der Waals surface area contributed by atoms with Crippen LogP contribution in [0.15, 0.2) is 97.1 Å². The monoisotopic (exact) mass is 549 g/mol. The van der Waals surface area contributed by atoms with E-state index in [2.05, 4.69) is 15.6 Å². The highest BCUT2D eigenvalue weighted by Crippen LogP contribution is 2.29. The van der Waals surface area contributed by atoms with Crippen LogP contribution in [0.25, 0.3) is 11.0 Å². The third-order valence-electron chi connectivity index (χ3n) is 6.98. The van der Waals surface area contributed by atoms with Crippen molar-refractivity contribution < 1.29 is 19.1 Å². The Morgan fingerprint density at radius 2 is 1.49 bits per heavy atom. The van der Waals surface area contributed by atoms with E-state index in [1.807, 2.05) is 55.5 Å². The van der Waals surface area contributed by atoms with Crippen molar-refractivity contribution in [3.05, 3.63) is 114 Å². The number of aromatic nitrogens is 3. The van der Waals surface area contributed by atoms with Gasteiger partial charge in [0, 0.05) is 12.2 Å². The molecule has 0 bridgehead atoms. The summed E-state index contributed by atoms with van der Waals surface area (Å²) in [7, 11) is 3.17. The second kappa shape index (κ2) is 12.3. The van der Waals surface area contributed by atoms with E-state index in [4.69, 9.17) is 9.47 Å². The predicted molar refractivity (Wildman–Crippen MR) is 157 cm³/mol. The van der Waals surface area contributed by atoms with E-state index in [-0.39, 0.29) is 24.9 Å². The molecule has 0 aliphatic heterocycles. The molecule has 5 rings (SSSR count). The van der Waals surface area contributed by atoms with E-state index >= 15 is 0 Å². The Labute approximate surface area is 238 Å². The van der Waals surface area contributed by atoms with E-state index in [1.54, 1.807) is 72.3 Å². The fourth-order valence-corrected chi connectivity index (χ4v) is 4.69. The van der Waals surface area contributed by atoms with Crippen molar-refractivity contribution >= 4 is 28.5 Å². The number of hydrogen-bond acceptors (Lipinski definition) is 6. The summed E-state index contributed by atoms with van der Waals surface area (Å²) in [5.41, 5.74) is 4.60. The normalized spacial score (nSPS) is 11.6. The Morgan fingerprint density at radius 3 is 2.17 bits per heavy atom. The summed E-state index contributed by atoms with van der Waals surface area (Å²) < 4.78 is 12.2. The molecule has 0 unspecified atom stereocenters. The molecule has 0 saturated carbocycles. The molecule has 9 heteroatoms. The quantitative estimate of drug-likeness (QED) is 0.258. The Bertz CT molecular complexity index is 1650. The Hall–Kier alpha value is -5.18. The third kappa shape index (κ3) is 6.19. The highest BCUT2D eigenvalue weighted by atomic mass is 16.5. The highest BCUT2D eigenvalue weighted by Gasteiger charge is 2.32. The fourth-order valence-electron chi connectivity index (χ4n) is 4.69. The predicted octanol–water partition coefficient (Wildman–Crippen LogP) is 5.17. The maximum absolute atomic E-state index is 14.2. The van der Waals surface area contributed by atoms with Crippen LogP contribution in [0.1, 0.15) is 22.7 Å². The minimum absolute atomic E-state index is 0.0884. The van der Waals surface area contributed by atoms with Crippen LogP contribution in [0.5, 0.6) is 11.5 Å². The first kappa shape index (κ1) is 27.4. The van der Waals surface area contributed by atoms with Crippen LogP contribution in [0.2, 0.25) is 0 Å². The van der Waals surface area contributed by atoms with Crippen molar-refractivity contribution in [3.8, 4) is 11.5 Å². The van der Waals surface area contributed by atoms with Crippen molar-refractivity contribution in [2.75, 3.05) is 19.5 Å². The molecule has 0 aliphatic carbocycles. The first-order chi connectivity index (χ1) is 20.0. The SMILES string of the molecule is COc1ccc(NC(=O)[C@@H](c2ccc(OC)cc2)N(Cc2ccccc2C)C(=O)Cn2nnc3ccccc32)cc1. The van der Waals surface area contributed by atoms with E-state index in [0.717, 1.165) is 16.6 Å². The van der Waals surface area contributed by atoms with Crippen LogP contribution in [0.4, 0.5) is 5.69 Å². The molecule has 41 heavy (non-hydrogen) atoms. The smallest absolute Gasteiger partial charge is 0.251 e. The van der Waals surface area contributed by atoms with Crippen molar-refractivity contribution in [2.24, 2.45) is 0 Å². The average molecular weight is 550 g/mol. The zero-order valence-electron chi connectivity index (χ0n) is 23.2. The van der Waals surface area contributed by atoms with Gasteiger partial charge in [-0.05, 0) is 72.1 Å². The Morgan fingerprint density at radius 1 is 0.854 bits per heavy atom. The van der Waals surface area contributed by atoms with E-state index in [9.17, 15) is 9.59 Å². The minimum Gasteiger partial charge on any atom is -0.497 e. The summed E-state index contributed by atoms with van der Waals surface area (Å²) >= 11 is 0. The standard InChI is InChI=1S/C32H31N5O4/c1-22-8-4-5-9-24(22)20-36(30(38)21-37-29-11-7-6-10-28(29)34-35-37)31(23-12-16-26(40-2)17-13-23)32(39)33-25-14-18-27(41-3)19-15-25/h4-19,31H,20-21H2,1-3H3,(H,33,39)/t31-/m1/s1. The molecule has 1 atom stereocenters. The van der Waals surface area contributed by atoms with Gasteiger partial charge in [0.2, 0.25) is 5.91 Å². The van der Waals surface area contributed by atoms with Gasteiger partial charge >= 0.3 is 0 Å². The number of carbonyl (C=O) groups excluding carboxylic acids is 2. The van der Waals surface area contributed by atoms with Crippen LogP contribution in [0.3, 0.4) is 0 Å². The van der Waals surface area contributed by atoms with Crippen LogP contribution in [-0.2, 0) is 22.7 Å². The van der Waals surface area contributed by atoms with Gasteiger partial charge in [-0.3, -0.25) is 9.59 Å². The maximum Gasteiger partial charge on any atom is 0.251 e. The lowest BCUT2D eigenvalue weighted by Crippen LogP contribution is -2.42. The lowest BCUT2D eigenvalue weighted by Gasteiger charge is -2.32. The molecule has 1 N–H and O–H groups in total. The van der Waals surface area contributed by atoms with Gasteiger partial charge < -0.3 is 19.7 Å². The summed E-state index contributed by atoms with van der Waals surface area (Å²) in [6, 6.07) is 28.6. The van der Waals surface area contributed by atoms with Gasteiger partial charge in [-0.25, -0.2) is 4.68 Å². The van der Waals surface area contributed by atoms with Crippen LogP contribution in [-0.4, -0.2) is 45.9 Å². The number of para-hydroxylation sites is 1. The molecule has 0 aliphatic rings. The van der Waals surface area contributed by atoms with E-state index in [1.165, 1.54) is 0 Å². The molecule has 1 heterocycles. The molecule has 0 saturated heterocycles. The number of methoxy groups -OCH3 is 2. The molecule has 208 valence electrons. The number of amides is 2. The van der Waals surface area contributed by atoms with Gasteiger partial charge in [0.1, 0.15) is 29.6 Å². The number of rotatable bonds is 10. The zero-order chi connectivity index (χ0) is 28.8. The number of ether oxygens (including phenoxy) is 2. The Kier molecular flexibility index (Phi) is 8.24. The van der Waals surface area contributed by atoms with Gasteiger partial charge in [-0.15, -0.1) is 5.10 Å². The largest absolute Gasteiger partial charge is 0.497 e. The molecule has 4 aromatic carbocycles. The first-order valence-electron chi connectivity index (χ1n) is 13.2. The number of aryl methyl sites for hydroxylation is 1. The van der Waals surface area contributed by atoms with Gasteiger partial charge in [-0.2, -0.15) is 0 Å². The topological polar surface area (TPSA) is 98.6 Å². The summed E-state index contributed by atoms with van der Waals surface area (Å²) in [6.07, 6.45) is 0. The number of benzene rings is 4. The first-order valence-corrected chi connectivity index (χ1v) is 13.2. The molecular weight excluding hydrogens is 518 g/mol. The van der Waals surface area contributed by atoms with Crippen LogP contribution >= 0.6 is 0 Å². The lowest BCUT2D eigenvalue weighted by atomic mass is 10.0. The number of fused-ring (bicyclic) bond motifs is 1. The second-order valence-corrected chi connectivity index (χ2v) is 9.58. The third-order valence-corrected chi connectivity index (χ3v) is 6.98. The maximum atomic E-state index is 14.2. The van der Waals surface area contributed by atoms with Gasteiger partial charge in [0.15, 0.2) is 0 Å². The molecular formula is C32H31N5O4. The molecule has 0 spiro atoms.